The van der Waals surface area contributed by atoms with E-state index in [0.717, 1.165) is 0 Å². The van der Waals surface area contributed by atoms with Crippen molar-refractivity contribution in [3.05, 3.63) is 60.2 Å². The van der Waals surface area contributed by atoms with Gasteiger partial charge in [0.05, 0.1) is 5.56 Å². The lowest BCUT2D eigenvalue weighted by molar-refractivity contribution is -0.128. The topological polar surface area (TPSA) is 55.4 Å². The van der Waals surface area contributed by atoms with Gasteiger partial charge in [0.25, 0.3) is 5.91 Å². The van der Waals surface area contributed by atoms with Crippen LogP contribution in [0.1, 0.15) is 31.1 Å². The van der Waals surface area contributed by atoms with Crippen LogP contribution < -0.4 is 10.1 Å². The van der Waals surface area contributed by atoms with E-state index in [1.165, 1.54) is 0 Å². The highest BCUT2D eigenvalue weighted by Crippen LogP contribution is 2.21. The van der Waals surface area contributed by atoms with Crippen molar-refractivity contribution in [3.63, 3.8) is 0 Å². The highest BCUT2D eigenvalue weighted by molar-refractivity contribution is 6.06. The average molecular weight is 311 g/mol. The van der Waals surface area contributed by atoms with Gasteiger partial charge in [-0.1, -0.05) is 51.1 Å². The van der Waals surface area contributed by atoms with Crippen LogP contribution in [0.15, 0.2) is 54.6 Å². The van der Waals surface area contributed by atoms with E-state index in [1.807, 2.05) is 51.1 Å². The maximum absolute atomic E-state index is 12.4. The lowest BCUT2D eigenvalue weighted by Crippen LogP contribution is -2.26. The highest BCUT2D eigenvalue weighted by atomic mass is 16.5. The molecule has 23 heavy (non-hydrogen) atoms. The monoisotopic (exact) mass is 311 g/mol. The maximum atomic E-state index is 12.4. The normalized spacial score (nSPS) is 10.9. The fraction of sp³-hybridized carbons (Fsp3) is 0.263. The molecule has 0 heterocycles. The molecule has 0 aliphatic carbocycles. The standard InChI is InChI=1S/C19H21NO3/c1-19(2,3)17(21)13-23-16-12-8-7-11-15(16)18(22)20-14-9-5-4-6-10-14/h4-12H,13H2,1-3H3,(H,20,22). The third-order valence-corrected chi connectivity index (χ3v) is 3.36. The number of benzene rings is 2. The first-order valence-corrected chi connectivity index (χ1v) is 7.49. The molecular weight excluding hydrogens is 290 g/mol. The van der Waals surface area contributed by atoms with Crippen LogP contribution in [0.2, 0.25) is 0 Å². The molecule has 0 bridgehead atoms. The van der Waals surface area contributed by atoms with Gasteiger partial charge >= 0.3 is 0 Å². The van der Waals surface area contributed by atoms with E-state index in [1.54, 1.807) is 24.3 Å². The van der Waals surface area contributed by atoms with E-state index in [4.69, 9.17) is 4.74 Å². The lowest BCUT2D eigenvalue weighted by Gasteiger charge is -2.17. The number of ketones is 1. The van der Waals surface area contributed by atoms with Gasteiger partial charge in [0.15, 0.2) is 5.78 Å². The molecule has 2 aromatic rings. The Morgan fingerprint density at radius 3 is 2.22 bits per heavy atom. The number of rotatable bonds is 5. The van der Waals surface area contributed by atoms with E-state index in [9.17, 15) is 9.59 Å². The zero-order chi connectivity index (χ0) is 16.9. The van der Waals surface area contributed by atoms with E-state index < -0.39 is 5.41 Å². The summed E-state index contributed by atoms with van der Waals surface area (Å²) in [5.74, 6) is 0.115. The summed E-state index contributed by atoms with van der Waals surface area (Å²) in [6, 6.07) is 16.1. The predicted octanol–water partition coefficient (Wildman–Crippen LogP) is 3.93. The van der Waals surface area contributed by atoms with Crippen molar-refractivity contribution >= 4 is 17.4 Å². The Hall–Kier alpha value is -2.62. The zero-order valence-corrected chi connectivity index (χ0v) is 13.6. The Bertz CT molecular complexity index is 687. The summed E-state index contributed by atoms with van der Waals surface area (Å²) >= 11 is 0. The van der Waals surface area contributed by atoms with Gasteiger partial charge in [0.2, 0.25) is 0 Å². The smallest absolute Gasteiger partial charge is 0.259 e. The minimum Gasteiger partial charge on any atom is -0.485 e. The summed E-state index contributed by atoms with van der Waals surface area (Å²) in [6.07, 6.45) is 0. The maximum Gasteiger partial charge on any atom is 0.259 e. The molecule has 1 amide bonds. The molecule has 2 aromatic carbocycles. The van der Waals surface area contributed by atoms with Gasteiger partial charge in [-0.3, -0.25) is 9.59 Å². The van der Waals surface area contributed by atoms with Gasteiger partial charge < -0.3 is 10.1 Å². The molecule has 4 nitrogen and oxygen atoms in total. The third-order valence-electron chi connectivity index (χ3n) is 3.36. The number of hydrogen-bond donors (Lipinski definition) is 1. The Balaban J connectivity index is 2.11. The summed E-state index contributed by atoms with van der Waals surface area (Å²) in [6.45, 7) is 5.46. The van der Waals surface area contributed by atoms with Gasteiger partial charge in [-0.2, -0.15) is 0 Å². The molecule has 0 aliphatic heterocycles. The minimum atomic E-state index is -0.471. The summed E-state index contributed by atoms with van der Waals surface area (Å²) in [5.41, 5.74) is 0.637. The fourth-order valence-corrected chi connectivity index (χ4v) is 1.86. The number of carbonyl (C=O) groups excluding carboxylic acids is 2. The van der Waals surface area contributed by atoms with E-state index in [0.29, 0.717) is 17.0 Å². The summed E-state index contributed by atoms with van der Waals surface area (Å²) in [7, 11) is 0. The van der Waals surface area contributed by atoms with Gasteiger partial charge in [0, 0.05) is 11.1 Å². The summed E-state index contributed by atoms with van der Waals surface area (Å²) in [4.78, 5) is 24.4. The first-order chi connectivity index (χ1) is 10.9. The lowest BCUT2D eigenvalue weighted by atomic mass is 9.91. The van der Waals surface area contributed by atoms with Crippen molar-refractivity contribution in [3.8, 4) is 5.75 Å². The Morgan fingerprint density at radius 1 is 0.957 bits per heavy atom. The van der Waals surface area contributed by atoms with Crippen molar-refractivity contribution in [2.24, 2.45) is 5.41 Å². The SMILES string of the molecule is CC(C)(C)C(=O)COc1ccccc1C(=O)Nc1ccccc1. The summed E-state index contributed by atoms with van der Waals surface area (Å²) in [5, 5.41) is 2.81. The van der Waals surface area contributed by atoms with Crippen molar-refractivity contribution in [2.75, 3.05) is 11.9 Å². The molecule has 0 unspecified atom stereocenters. The largest absolute Gasteiger partial charge is 0.485 e. The molecule has 0 atom stereocenters. The number of Topliss-reactive ketones (excluding diaryl/α,β-unsaturated/α-hetero) is 1. The van der Waals surface area contributed by atoms with Crippen molar-refractivity contribution < 1.29 is 14.3 Å². The van der Waals surface area contributed by atoms with Crippen LogP contribution in [0.3, 0.4) is 0 Å². The second-order valence-corrected chi connectivity index (χ2v) is 6.28. The van der Waals surface area contributed by atoms with E-state index in [2.05, 4.69) is 5.32 Å². The first kappa shape index (κ1) is 16.7. The van der Waals surface area contributed by atoms with Gasteiger partial charge in [-0.25, -0.2) is 0 Å². The van der Waals surface area contributed by atoms with Crippen molar-refractivity contribution in [1.29, 1.82) is 0 Å². The number of anilines is 1. The van der Waals surface area contributed by atoms with Crippen LogP contribution >= 0.6 is 0 Å². The van der Waals surface area contributed by atoms with E-state index >= 15 is 0 Å². The van der Waals surface area contributed by atoms with E-state index in [-0.39, 0.29) is 18.3 Å². The number of hydrogen-bond acceptors (Lipinski definition) is 3. The third kappa shape index (κ3) is 4.68. The van der Waals surface area contributed by atoms with Crippen LogP contribution in [0.5, 0.6) is 5.75 Å². The Morgan fingerprint density at radius 2 is 1.57 bits per heavy atom. The molecule has 0 fully saturated rings. The zero-order valence-electron chi connectivity index (χ0n) is 13.6. The number of amides is 1. The summed E-state index contributed by atoms with van der Waals surface area (Å²) < 4.78 is 5.57. The minimum absolute atomic E-state index is 0.0178. The molecule has 0 spiro atoms. The van der Waals surface area contributed by atoms with Gasteiger partial charge in [0.1, 0.15) is 12.4 Å². The number of nitrogens with one attached hydrogen (secondary N) is 1. The molecular formula is C19H21NO3. The molecule has 4 heteroatoms. The number of para-hydroxylation sites is 2. The van der Waals surface area contributed by atoms with Gasteiger partial charge in [-0.05, 0) is 24.3 Å². The van der Waals surface area contributed by atoms with Crippen LogP contribution in [0, 0.1) is 5.41 Å². The Kier molecular flexibility index (Phi) is 5.16. The molecule has 0 aliphatic rings. The molecule has 0 radical (unpaired) electrons. The molecule has 1 N–H and O–H groups in total. The predicted molar refractivity (Wildman–Crippen MR) is 90.8 cm³/mol. The molecule has 0 aromatic heterocycles. The van der Waals surface area contributed by atoms with Crippen LogP contribution in [0.4, 0.5) is 5.69 Å². The molecule has 120 valence electrons. The van der Waals surface area contributed by atoms with Crippen LogP contribution in [0.25, 0.3) is 0 Å². The average Bonchev–Trinajstić information content (AvgIpc) is 2.53. The highest BCUT2D eigenvalue weighted by Gasteiger charge is 2.22. The fourth-order valence-electron chi connectivity index (χ4n) is 1.86. The van der Waals surface area contributed by atoms with Gasteiger partial charge in [-0.15, -0.1) is 0 Å². The molecule has 0 saturated heterocycles. The second kappa shape index (κ2) is 7.09. The van der Waals surface area contributed by atoms with Crippen LogP contribution in [-0.4, -0.2) is 18.3 Å². The molecule has 2 rings (SSSR count). The second-order valence-electron chi connectivity index (χ2n) is 6.28. The number of carbonyl (C=O) groups is 2. The van der Waals surface area contributed by atoms with Crippen molar-refractivity contribution in [1.82, 2.24) is 0 Å². The number of ether oxygens (including phenoxy) is 1. The first-order valence-electron chi connectivity index (χ1n) is 7.49. The van der Waals surface area contributed by atoms with Crippen molar-refractivity contribution in [2.45, 2.75) is 20.8 Å². The Labute approximate surface area is 136 Å². The molecule has 0 saturated carbocycles. The van der Waals surface area contributed by atoms with Crippen LogP contribution in [-0.2, 0) is 4.79 Å². The quantitative estimate of drug-likeness (QED) is 0.910.